The molecule has 2 aromatic carbocycles. The highest BCUT2D eigenvalue weighted by molar-refractivity contribution is 7.89. The maximum atomic E-state index is 12.3. The van der Waals surface area contributed by atoms with E-state index in [0.29, 0.717) is 24.3 Å². The van der Waals surface area contributed by atoms with Crippen molar-refractivity contribution in [2.75, 3.05) is 25.5 Å². The first-order valence-corrected chi connectivity index (χ1v) is 7.89. The van der Waals surface area contributed by atoms with Gasteiger partial charge in [0.1, 0.15) is 0 Å². The lowest BCUT2D eigenvalue weighted by molar-refractivity contribution is 0.153. The van der Waals surface area contributed by atoms with E-state index < -0.39 is 10.0 Å². The molecule has 5 nitrogen and oxygen atoms in total. The Bertz CT molecular complexity index is 699. The molecular weight excluding hydrogens is 276 g/mol. The van der Waals surface area contributed by atoms with Gasteiger partial charge in [-0.05, 0) is 19.1 Å². The Morgan fingerprint density at radius 2 is 1.85 bits per heavy atom. The van der Waals surface area contributed by atoms with Crippen LogP contribution in [-0.4, -0.2) is 28.2 Å². The quantitative estimate of drug-likeness (QED) is 0.628. The van der Waals surface area contributed by atoms with Crippen LogP contribution in [0.1, 0.15) is 6.92 Å². The molecule has 2 aromatic rings. The zero-order chi connectivity index (χ0) is 14.6. The summed E-state index contributed by atoms with van der Waals surface area (Å²) in [6.07, 6.45) is 0. The van der Waals surface area contributed by atoms with Crippen LogP contribution >= 0.6 is 0 Å². The summed E-state index contributed by atoms with van der Waals surface area (Å²) in [5, 5.41) is 1.36. The smallest absolute Gasteiger partial charge is 0.241 e. The van der Waals surface area contributed by atoms with Gasteiger partial charge >= 0.3 is 0 Å². The number of benzene rings is 2. The van der Waals surface area contributed by atoms with Gasteiger partial charge in [-0.25, -0.2) is 13.1 Å². The van der Waals surface area contributed by atoms with Gasteiger partial charge in [-0.2, -0.15) is 0 Å². The summed E-state index contributed by atoms with van der Waals surface area (Å²) in [7, 11) is -3.57. The van der Waals surface area contributed by atoms with Crippen molar-refractivity contribution in [3.05, 3.63) is 36.4 Å². The molecular formula is C14H18N2O3S. The SMILES string of the molecule is CCOCCNS(=O)(=O)c1ccc(N)c2ccccc12. The topological polar surface area (TPSA) is 81.4 Å². The summed E-state index contributed by atoms with van der Waals surface area (Å²) in [6, 6.07) is 10.3. The molecule has 0 aliphatic rings. The minimum Gasteiger partial charge on any atom is -0.398 e. The van der Waals surface area contributed by atoms with E-state index in [1.165, 1.54) is 6.07 Å². The lowest BCUT2D eigenvalue weighted by Crippen LogP contribution is -2.27. The Morgan fingerprint density at radius 3 is 2.55 bits per heavy atom. The predicted molar refractivity (Wildman–Crippen MR) is 80.0 cm³/mol. The lowest BCUT2D eigenvalue weighted by atomic mass is 10.1. The molecule has 0 bridgehead atoms. The van der Waals surface area contributed by atoms with E-state index in [-0.39, 0.29) is 11.4 Å². The number of nitrogens with two attached hydrogens (primary N) is 1. The van der Waals surface area contributed by atoms with E-state index >= 15 is 0 Å². The molecule has 0 saturated heterocycles. The maximum Gasteiger partial charge on any atom is 0.241 e. The Kier molecular flexibility index (Phi) is 4.59. The number of rotatable bonds is 6. The zero-order valence-corrected chi connectivity index (χ0v) is 12.1. The molecule has 108 valence electrons. The van der Waals surface area contributed by atoms with Crippen molar-refractivity contribution in [1.82, 2.24) is 4.72 Å². The average molecular weight is 294 g/mol. The highest BCUT2D eigenvalue weighted by atomic mass is 32.2. The number of nitrogen functional groups attached to an aromatic ring is 1. The monoisotopic (exact) mass is 294 g/mol. The molecule has 0 heterocycles. The molecule has 0 aliphatic heterocycles. The summed E-state index contributed by atoms with van der Waals surface area (Å²) >= 11 is 0. The van der Waals surface area contributed by atoms with E-state index in [1.54, 1.807) is 18.2 Å². The maximum absolute atomic E-state index is 12.3. The molecule has 0 atom stereocenters. The first-order valence-electron chi connectivity index (χ1n) is 6.41. The van der Waals surface area contributed by atoms with Gasteiger partial charge in [-0.1, -0.05) is 24.3 Å². The van der Waals surface area contributed by atoms with Gasteiger partial charge in [0, 0.05) is 29.6 Å². The van der Waals surface area contributed by atoms with Gasteiger partial charge in [-0.15, -0.1) is 0 Å². The van der Waals surface area contributed by atoms with Crippen LogP contribution in [0, 0.1) is 0 Å². The van der Waals surface area contributed by atoms with E-state index in [9.17, 15) is 8.42 Å². The van der Waals surface area contributed by atoms with Crippen LogP contribution in [0.3, 0.4) is 0 Å². The molecule has 0 amide bonds. The molecule has 0 radical (unpaired) electrons. The van der Waals surface area contributed by atoms with E-state index in [4.69, 9.17) is 10.5 Å². The van der Waals surface area contributed by atoms with Crippen molar-refractivity contribution >= 4 is 26.5 Å². The molecule has 20 heavy (non-hydrogen) atoms. The van der Waals surface area contributed by atoms with Gasteiger partial charge in [0.05, 0.1) is 11.5 Å². The molecule has 2 rings (SSSR count). The summed E-state index contributed by atoms with van der Waals surface area (Å²) < 4.78 is 32.3. The molecule has 0 spiro atoms. The Hall–Kier alpha value is -1.63. The first kappa shape index (κ1) is 14.8. The summed E-state index contributed by atoms with van der Waals surface area (Å²) in [4.78, 5) is 0.235. The van der Waals surface area contributed by atoms with E-state index in [0.717, 1.165) is 5.39 Å². The van der Waals surface area contributed by atoms with Crippen molar-refractivity contribution in [2.45, 2.75) is 11.8 Å². The van der Waals surface area contributed by atoms with Crippen LogP contribution < -0.4 is 10.5 Å². The van der Waals surface area contributed by atoms with Crippen LogP contribution in [0.2, 0.25) is 0 Å². The van der Waals surface area contributed by atoms with Crippen LogP contribution in [0.4, 0.5) is 5.69 Å². The number of fused-ring (bicyclic) bond motifs is 1. The third-order valence-electron chi connectivity index (χ3n) is 2.95. The van der Waals surface area contributed by atoms with Crippen molar-refractivity contribution < 1.29 is 13.2 Å². The number of anilines is 1. The molecule has 6 heteroatoms. The number of sulfonamides is 1. The Balaban J connectivity index is 2.35. The second-order valence-corrected chi connectivity index (χ2v) is 6.03. The van der Waals surface area contributed by atoms with Gasteiger partial charge in [0.25, 0.3) is 0 Å². The molecule has 0 aliphatic carbocycles. The average Bonchev–Trinajstić information content (AvgIpc) is 2.44. The molecule has 3 N–H and O–H groups in total. The van der Waals surface area contributed by atoms with Crippen molar-refractivity contribution in [2.24, 2.45) is 0 Å². The van der Waals surface area contributed by atoms with E-state index in [2.05, 4.69) is 4.72 Å². The van der Waals surface area contributed by atoms with E-state index in [1.807, 2.05) is 19.1 Å². The number of nitrogens with one attached hydrogen (secondary N) is 1. The highest BCUT2D eigenvalue weighted by Crippen LogP contribution is 2.27. The fraction of sp³-hybridized carbons (Fsp3) is 0.286. The molecule has 0 unspecified atom stereocenters. The van der Waals surface area contributed by atoms with Crippen molar-refractivity contribution in [3.63, 3.8) is 0 Å². The minimum atomic E-state index is -3.57. The second kappa shape index (κ2) is 6.21. The van der Waals surface area contributed by atoms with Crippen LogP contribution in [0.5, 0.6) is 0 Å². The van der Waals surface area contributed by atoms with Crippen molar-refractivity contribution in [3.8, 4) is 0 Å². The Morgan fingerprint density at radius 1 is 1.15 bits per heavy atom. The van der Waals surface area contributed by atoms with Crippen LogP contribution in [0.15, 0.2) is 41.3 Å². The number of ether oxygens (including phenoxy) is 1. The van der Waals surface area contributed by atoms with Gasteiger partial charge in [0.15, 0.2) is 0 Å². The van der Waals surface area contributed by atoms with Gasteiger partial charge in [0.2, 0.25) is 10.0 Å². The lowest BCUT2D eigenvalue weighted by Gasteiger charge is -2.11. The first-order chi connectivity index (χ1) is 9.56. The third kappa shape index (κ3) is 3.09. The Labute approximate surface area is 118 Å². The fourth-order valence-corrected chi connectivity index (χ4v) is 3.22. The second-order valence-electron chi connectivity index (χ2n) is 4.29. The molecule has 0 aromatic heterocycles. The van der Waals surface area contributed by atoms with Crippen LogP contribution in [0.25, 0.3) is 10.8 Å². The normalized spacial score (nSPS) is 11.8. The predicted octanol–water partition coefficient (Wildman–Crippen LogP) is 1.74. The highest BCUT2D eigenvalue weighted by Gasteiger charge is 2.17. The third-order valence-corrected chi connectivity index (χ3v) is 4.47. The summed E-state index contributed by atoms with van der Waals surface area (Å²) in [5.74, 6) is 0. The zero-order valence-electron chi connectivity index (χ0n) is 11.3. The summed E-state index contributed by atoms with van der Waals surface area (Å²) in [6.45, 7) is 3.02. The largest absolute Gasteiger partial charge is 0.398 e. The van der Waals surface area contributed by atoms with Crippen LogP contribution in [-0.2, 0) is 14.8 Å². The summed E-state index contributed by atoms with van der Waals surface area (Å²) in [5.41, 5.74) is 6.44. The number of hydrogen-bond donors (Lipinski definition) is 2. The number of hydrogen-bond acceptors (Lipinski definition) is 4. The molecule has 0 fully saturated rings. The minimum absolute atomic E-state index is 0.235. The molecule has 0 saturated carbocycles. The van der Waals surface area contributed by atoms with Gasteiger partial charge in [-0.3, -0.25) is 0 Å². The fourth-order valence-electron chi connectivity index (χ4n) is 2.00. The standard InChI is InChI=1S/C14H18N2O3S/c1-2-19-10-9-16-20(17,18)14-8-7-13(15)11-5-3-4-6-12(11)14/h3-8,16H,2,9-10,15H2,1H3. The van der Waals surface area contributed by atoms with Crippen molar-refractivity contribution in [1.29, 1.82) is 0 Å². The van der Waals surface area contributed by atoms with Gasteiger partial charge < -0.3 is 10.5 Å².